The van der Waals surface area contributed by atoms with Crippen LogP contribution in [0.15, 0.2) is 20.1 Å². The van der Waals surface area contributed by atoms with Crippen LogP contribution in [-0.2, 0) is 0 Å². The van der Waals surface area contributed by atoms with E-state index in [2.05, 4.69) is 45.2 Å². The van der Waals surface area contributed by atoms with Gasteiger partial charge in [0.1, 0.15) is 0 Å². The molecule has 5 heteroatoms. The summed E-state index contributed by atoms with van der Waals surface area (Å²) < 4.78 is 2.64. The highest BCUT2D eigenvalue weighted by Crippen LogP contribution is 2.31. The predicted molar refractivity (Wildman–Crippen MR) is 76.6 cm³/mol. The van der Waals surface area contributed by atoms with Gasteiger partial charge in [-0.1, -0.05) is 0 Å². The molecule has 2 rings (SSSR count). The summed E-state index contributed by atoms with van der Waals surface area (Å²) in [5.74, 6) is 1.19. The summed E-state index contributed by atoms with van der Waals surface area (Å²) in [4.78, 5) is 2.58. The molecule has 1 aliphatic heterocycles. The zero-order valence-electron chi connectivity index (χ0n) is 9.41. The molecule has 16 heavy (non-hydrogen) atoms. The second-order valence-electron chi connectivity index (χ2n) is 4.00. The van der Waals surface area contributed by atoms with Crippen molar-refractivity contribution in [2.24, 2.45) is 0 Å². The van der Waals surface area contributed by atoms with Crippen LogP contribution in [0.3, 0.4) is 0 Å². The first-order valence-corrected chi connectivity index (χ1v) is 8.18. The van der Waals surface area contributed by atoms with Crippen LogP contribution in [0.5, 0.6) is 0 Å². The summed E-state index contributed by atoms with van der Waals surface area (Å²) in [5.41, 5.74) is 0. The van der Waals surface area contributed by atoms with E-state index in [1.165, 1.54) is 26.8 Å². The quantitative estimate of drug-likeness (QED) is 0.859. The number of thiophene rings is 1. The van der Waals surface area contributed by atoms with Crippen LogP contribution in [0.4, 0.5) is 0 Å². The first-order valence-electron chi connectivity index (χ1n) is 5.58. The molecule has 2 nitrogen and oxygen atoms in total. The van der Waals surface area contributed by atoms with Crippen molar-refractivity contribution in [1.29, 1.82) is 0 Å². The molecule has 1 aromatic rings. The van der Waals surface area contributed by atoms with Gasteiger partial charge in [0.2, 0.25) is 0 Å². The molecule has 2 heterocycles. The summed E-state index contributed by atoms with van der Waals surface area (Å²) in [6.07, 6.45) is 0. The molecular weight excluding hydrogens is 304 g/mol. The predicted octanol–water partition coefficient (Wildman–Crippen LogP) is 2.90. The van der Waals surface area contributed by atoms with E-state index in [-0.39, 0.29) is 0 Å². The Kier molecular flexibility index (Phi) is 5.16. The molecular formula is C11H17BrN2S2. The van der Waals surface area contributed by atoms with Crippen molar-refractivity contribution < 1.29 is 0 Å². The number of nitrogens with one attached hydrogen (secondary N) is 1. The number of rotatable bonds is 4. The summed E-state index contributed by atoms with van der Waals surface area (Å²) >= 11 is 7.30. The summed E-state index contributed by atoms with van der Waals surface area (Å²) in [5, 5.41) is 3.39. The number of piperazine rings is 1. The van der Waals surface area contributed by atoms with Crippen molar-refractivity contribution in [2.45, 2.75) is 17.2 Å². The highest BCUT2D eigenvalue weighted by atomic mass is 79.9. The van der Waals surface area contributed by atoms with Crippen LogP contribution >= 0.6 is 39.0 Å². The lowest BCUT2D eigenvalue weighted by Crippen LogP contribution is -2.48. The summed E-state index contributed by atoms with van der Waals surface area (Å²) in [6.45, 7) is 6.99. The number of halogens is 1. The molecule has 1 unspecified atom stereocenters. The molecule has 1 aromatic heterocycles. The molecule has 1 N–H and O–H groups in total. The fourth-order valence-corrected chi connectivity index (χ4v) is 4.74. The molecule has 0 spiro atoms. The SMILES string of the molecule is CC(CSc1ccc(Br)s1)N1CCNCC1. The smallest absolute Gasteiger partial charge is 0.0710 e. The van der Waals surface area contributed by atoms with Gasteiger partial charge in [0, 0.05) is 38.0 Å². The van der Waals surface area contributed by atoms with Crippen LogP contribution in [0, 0.1) is 0 Å². The lowest BCUT2D eigenvalue weighted by atomic mass is 10.3. The lowest BCUT2D eigenvalue weighted by molar-refractivity contribution is 0.198. The topological polar surface area (TPSA) is 15.3 Å². The van der Waals surface area contributed by atoms with Gasteiger partial charge in [-0.3, -0.25) is 4.90 Å². The van der Waals surface area contributed by atoms with E-state index >= 15 is 0 Å². The first kappa shape index (κ1) is 12.9. The minimum absolute atomic E-state index is 0.674. The molecule has 90 valence electrons. The number of nitrogens with zero attached hydrogens (tertiary/aromatic N) is 1. The third-order valence-corrected chi connectivity index (χ3v) is 5.88. The van der Waals surface area contributed by atoms with E-state index in [0.717, 1.165) is 13.1 Å². The molecule has 1 aliphatic rings. The monoisotopic (exact) mass is 320 g/mol. The Bertz CT molecular complexity index is 324. The zero-order valence-corrected chi connectivity index (χ0v) is 12.6. The Morgan fingerprint density at radius 2 is 2.25 bits per heavy atom. The van der Waals surface area contributed by atoms with E-state index in [1.54, 1.807) is 0 Å². The fraction of sp³-hybridized carbons (Fsp3) is 0.636. The van der Waals surface area contributed by atoms with Crippen LogP contribution in [0.1, 0.15) is 6.92 Å². The van der Waals surface area contributed by atoms with Crippen molar-refractivity contribution in [3.8, 4) is 0 Å². The van der Waals surface area contributed by atoms with Gasteiger partial charge in [-0.2, -0.15) is 0 Å². The third-order valence-electron chi connectivity index (χ3n) is 2.79. The van der Waals surface area contributed by atoms with Crippen molar-refractivity contribution in [1.82, 2.24) is 10.2 Å². The summed E-state index contributed by atoms with van der Waals surface area (Å²) in [7, 11) is 0. The molecule has 1 fully saturated rings. The minimum atomic E-state index is 0.674. The molecule has 0 saturated carbocycles. The van der Waals surface area contributed by atoms with Crippen LogP contribution in [-0.4, -0.2) is 42.9 Å². The van der Waals surface area contributed by atoms with Gasteiger partial charge in [-0.05, 0) is 35.0 Å². The third kappa shape index (κ3) is 3.74. The van der Waals surface area contributed by atoms with Crippen molar-refractivity contribution >= 4 is 39.0 Å². The number of hydrogen-bond acceptors (Lipinski definition) is 4. The van der Waals surface area contributed by atoms with E-state index in [0.29, 0.717) is 6.04 Å². The Morgan fingerprint density at radius 1 is 1.50 bits per heavy atom. The van der Waals surface area contributed by atoms with Gasteiger partial charge in [-0.15, -0.1) is 23.1 Å². The van der Waals surface area contributed by atoms with E-state index in [9.17, 15) is 0 Å². The van der Waals surface area contributed by atoms with Gasteiger partial charge in [0.15, 0.2) is 0 Å². The van der Waals surface area contributed by atoms with E-state index in [1.807, 2.05) is 23.1 Å². The largest absolute Gasteiger partial charge is 0.314 e. The van der Waals surface area contributed by atoms with Crippen molar-refractivity contribution in [3.05, 3.63) is 15.9 Å². The molecule has 0 bridgehead atoms. The zero-order chi connectivity index (χ0) is 11.4. The average Bonchev–Trinajstić information content (AvgIpc) is 2.73. The lowest BCUT2D eigenvalue weighted by Gasteiger charge is -2.32. The Labute approximate surface area is 114 Å². The van der Waals surface area contributed by atoms with Crippen molar-refractivity contribution in [2.75, 3.05) is 31.9 Å². The molecule has 0 radical (unpaired) electrons. The maximum absolute atomic E-state index is 3.50. The van der Waals surface area contributed by atoms with Gasteiger partial charge in [0.25, 0.3) is 0 Å². The van der Waals surface area contributed by atoms with Crippen molar-refractivity contribution in [3.63, 3.8) is 0 Å². The average molecular weight is 321 g/mol. The number of thioether (sulfide) groups is 1. The van der Waals surface area contributed by atoms with E-state index in [4.69, 9.17) is 0 Å². The number of hydrogen-bond donors (Lipinski definition) is 1. The maximum Gasteiger partial charge on any atom is 0.0710 e. The Balaban J connectivity index is 1.76. The summed E-state index contributed by atoms with van der Waals surface area (Å²) in [6, 6.07) is 5.00. The van der Waals surface area contributed by atoms with Crippen LogP contribution in [0.2, 0.25) is 0 Å². The first-order chi connectivity index (χ1) is 7.75. The van der Waals surface area contributed by atoms with Gasteiger partial charge in [-0.25, -0.2) is 0 Å². The Hall–Kier alpha value is 0.450. The van der Waals surface area contributed by atoms with Crippen LogP contribution < -0.4 is 5.32 Å². The second kappa shape index (κ2) is 6.40. The molecule has 1 saturated heterocycles. The Morgan fingerprint density at radius 3 is 2.88 bits per heavy atom. The van der Waals surface area contributed by atoms with Gasteiger partial charge >= 0.3 is 0 Å². The van der Waals surface area contributed by atoms with Gasteiger partial charge < -0.3 is 5.32 Å². The molecule has 0 amide bonds. The molecule has 1 atom stereocenters. The van der Waals surface area contributed by atoms with Gasteiger partial charge in [0.05, 0.1) is 8.00 Å². The molecule has 0 aliphatic carbocycles. The maximum atomic E-state index is 3.50. The normalized spacial score (nSPS) is 19.9. The minimum Gasteiger partial charge on any atom is -0.314 e. The van der Waals surface area contributed by atoms with E-state index < -0.39 is 0 Å². The van der Waals surface area contributed by atoms with Crippen LogP contribution in [0.25, 0.3) is 0 Å². The fourth-order valence-electron chi connectivity index (χ4n) is 1.81. The highest BCUT2D eigenvalue weighted by Gasteiger charge is 2.16. The second-order valence-corrected chi connectivity index (χ2v) is 7.79. The standard InChI is InChI=1S/C11H17BrN2S2/c1-9(14-6-4-13-5-7-14)8-15-11-3-2-10(12)16-11/h2-3,9,13H,4-8H2,1H3. The highest BCUT2D eigenvalue weighted by molar-refractivity contribution is 9.11. The molecule has 0 aromatic carbocycles.